The molecular weight excluding hydrogens is 536 g/mol. The minimum atomic E-state index is 0.636. The Morgan fingerprint density at radius 2 is 0.864 bits per heavy atom. The van der Waals surface area contributed by atoms with Crippen molar-refractivity contribution in [3.63, 3.8) is 0 Å². The monoisotopic (exact) mass is 566 g/mol. The lowest BCUT2D eigenvalue weighted by Crippen LogP contribution is -2.05. The van der Waals surface area contributed by atoms with Crippen LogP contribution in [0.15, 0.2) is 109 Å². The Balaban J connectivity index is 1.57. The number of pyridine rings is 1. The number of benzene rings is 5. The van der Waals surface area contributed by atoms with E-state index in [1.807, 2.05) is 24.5 Å². The molecule has 0 saturated carbocycles. The fourth-order valence-electron chi connectivity index (χ4n) is 6.78. The minimum Gasteiger partial charge on any atom is -0.307 e. The highest BCUT2D eigenvalue weighted by atomic mass is 15.0. The molecule has 0 aliphatic heterocycles. The van der Waals surface area contributed by atoms with Crippen molar-refractivity contribution in [2.75, 3.05) is 0 Å². The lowest BCUT2D eigenvalue weighted by Gasteiger charge is -2.20. The summed E-state index contributed by atoms with van der Waals surface area (Å²) in [5.41, 5.74) is 14.1. The molecule has 0 unspecified atom stereocenters. The smallest absolute Gasteiger partial charge is 0.0991 e. The van der Waals surface area contributed by atoms with Gasteiger partial charge in [-0.3, -0.25) is 4.98 Å². The molecule has 4 heteroatoms. The Bertz CT molecular complexity index is 2220. The molecule has 0 spiro atoms. The number of aromatic nitrogens is 3. The van der Waals surface area contributed by atoms with Gasteiger partial charge in [-0.2, -0.15) is 5.26 Å². The van der Waals surface area contributed by atoms with E-state index in [0.717, 1.165) is 44.6 Å². The first-order valence-corrected chi connectivity index (χ1v) is 14.9. The van der Waals surface area contributed by atoms with Crippen molar-refractivity contribution in [1.29, 1.82) is 5.26 Å². The van der Waals surface area contributed by atoms with Gasteiger partial charge >= 0.3 is 0 Å². The maximum Gasteiger partial charge on any atom is 0.0991 e. The van der Waals surface area contributed by atoms with Crippen LogP contribution in [0.4, 0.5) is 0 Å². The number of rotatable bonds is 3. The van der Waals surface area contributed by atoms with Crippen LogP contribution >= 0.6 is 0 Å². The largest absolute Gasteiger partial charge is 0.307 e. The van der Waals surface area contributed by atoms with E-state index in [4.69, 9.17) is 4.98 Å². The summed E-state index contributed by atoms with van der Waals surface area (Å²) in [6, 6.07) is 37.0. The van der Waals surface area contributed by atoms with Gasteiger partial charge in [0.15, 0.2) is 0 Å². The van der Waals surface area contributed by atoms with Gasteiger partial charge in [0.25, 0.3) is 0 Å². The Kier molecular flexibility index (Phi) is 5.73. The number of aryl methyl sites for hydroxylation is 4. The van der Waals surface area contributed by atoms with E-state index in [1.54, 1.807) is 0 Å². The van der Waals surface area contributed by atoms with Crippen LogP contribution in [0.3, 0.4) is 0 Å². The van der Waals surface area contributed by atoms with Gasteiger partial charge in [0, 0.05) is 27.1 Å². The third kappa shape index (κ3) is 3.87. The predicted octanol–water partition coefficient (Wildman–Crippen LogP) is 10.0. The normalized spacial score (nSPS) is 11.6. The zero-order chi connectivity index (χ0) is 30.1. The SMILES string of the molecule is Cc1ccc2c3ccc(C)cc3n(-c3cncc(-n4c5cc(C)ccc5c5ccc(C)cc54)c3-c3ccc(C#N)cc3)c2c1. The van der Waals surface area contributed by atoms with Gasteiger partial charge in [-0.1, -0.05) is 60.7 Å². The van der Waals surface area contributed by atoms with Gasteiger partial charge in [-0.05, 0) is 91.9 Å². The van der Waals surface area contributed by atoms with Crippen LogP contribution in [0.5, 0.6) is 0 Å². The molecule has 0 saturated heterocycles. The van der Waals surface area contributed by atoms with Crippen LogP contribution in [0, 0.1) is 39.0 Å². The van der Waals surface area contributed by atoms with Gasteiger partial charge in [-0.15, -0.1) is 0 Å². The Morgan fingerprint density at radius 1 is 0.500 bits per heavy atom. The molecule has 0 atom stereocenters. The molecule has 0 aliphatic carbocycles. The highest BCUT2D eigenvalue weighted by Crippen LogP contribution is 2.42. The number of nitriles is 1. The van der Waals surface area contributed by atoms with Crippen LogP contribution in [-0.2, 0) is 0 Å². The molecule has 0 amide bonds. The third-order valence-electron chi connectivity index (χ3n) is 8.85. The number of nitrogens with zero attached hydrogens (tertiary/aromatic N) is 4. The number of fused-ring (bicyclic) bond motifs is 6. The van der Waals surface area contributed by atoms with Crippen molar-refractivity contribution in [2.45, 2.75) is 27.7 Å². The van der Waals surface area contributed by atoms with Gasteiger partial charge < -0.3 is 9.13 Å². The lowest BCUT2D eigenvalue weighted by molar-refractivity contribution is 1.09. The quantitative estimate of drug-likeness (QED) is 0.214. The molecule has 8 rings (SSSR count). The van der Waals surface area contributed by atoms with E-state index in [9.17, 15) is 5.26 Å². The topological polar surface area (TPSA) is 46.5 Å². The summed E-state index contributed by atoms with van der Waals surface area (Å²) in [5, 5.41) is 14.5. The highest BCUT2D eigenvalue weighted by molar-refractivity contribution is 6.12. The van der Waals surface area contributed by atoms with Gasteiger partial charge in [0.1, 0.15) is 0 Å². The summed E-state index contributed by atoms with van der Waals surface area (Å²) >= 11 is 0. The maximum absolute atomic E-state index is 9.62. The van der Waals surface area contributed by atoms with Crippen LogP contribution in [0.25, 0.3) is 66.1 Å². The highest BCUT2D eigenvalue weighted by Gasteiger charge is 2.22. The van der Waals surface area contributed by atoms with Crippen molar-refractivity contribution in [1.82, 2.24) is 14.1 Å². The van der Waals surface area contributed by atoms with E-state index >= 15 is 0 Å². The molecule has 0 fully saturated rings. The van der Waals surface area contributed by atoms with Crippen molar-refractivity contribution < 1.29 is 0 Å². The summed E-state index contributed by atoms with van der Waals surface area (Å²) in [5.74, 6) is 0. The molecule has 0 bridgehead atoms. The summed E-state index contributed by atoms with van der Waals surface area (Å²) in [6.45, 7) is 8.58. The zero-order valence-electron chi connectivity index (χ0n) is 25.2. The molecule has 3 heterocycles. The summed E-state index contributed by atoms with van der Waals surface area (Å²) in [7, 11) is 0. The second-order valence-electron chi connectivity index (χ2n) is 12.0. The molecule has 3 aromatic heterocycles. The summed E-state index contributed by atoms with van der Waals surface area (Å²) in [6.07, 6.45) is 3.98. The number of hydrogen-bond donors (Lipinski definition) is 0. The van der Waals surface area contributed by atoms with E-state index in [0.29, 0.717) is 5.56 Å². The standard InChI is InChI=1S/C40H30N4/c1-24-5-13-30-31-14-6-25(2)18-35(31)43(34(30)17-24)38-22-42-23-39(40(38)29-11-9-28(21-41)10-12-29)44-36-19-26(3)7-15-32(36)33-16-8-27(4)20-37(33)44/h5-20,22-23H,1-4H3. The molecule has 0 N–H and O–H groups in total. The lowest BCUT2D eigenvalue weighted by atomic mass is 10.0. The van der Waals surface area contributed by atoms with Crippen molar-refractivity contribution in [3.8, 4) is 28.6 Å². The van der Waals surface area contributed by atoms with Crippen molar-refractivity contribution in [2.24, 2.45) is 0 Å². The second-order valence-corrected chi connectivity index (χ2v) is 12.0. The van der Waals surface area contributed by atoms with Crippen LogP contribution in [0.2, 0.25) is 0 Å². The molecule has 0 radical (unpaired) electrons. The fraction of sp³-hybridized carbons (Fsp3) is 0.100. The third-order valence-corrected chi connectivity index (χ3v) is 8.85. The summed E-state index contributed by atoms with van der Waals surface area (Å²) < 4.78 is 4.75. The fourth-order valence-corrected chi connectivity index (χ4v) is 6.78. The van der Waals surface area contributed by atoms with Crippen LogP contribution in [-0.4, -0.2) is 14.1 Å². The van der Waals surface area contributed by atoms with Crippen molar-refractivity contribution in [3.05, 3.63) is 137 Å². The Morgan fingerprint density at radius 3 is 1.20 bits per heavy atom. The molecule has 4 nitrogen and oxygen atoms in total. The van der Waals surface area contributed by atoms with Crippen molar-refractivity contribution >= 4 is 43.6 Å². The molecular formula is C40H30N4. The summed E-state index contributed by atoms with van der Waals surface area (Å²) in [4.78, 5) is 4.94. The first-order valence-electron chi connectivity index (χ1n) is 14.9. The number of hydrogen-bond acceptors (Lipinski definition) is 2. The molecule has 210 valence electrons. The van der Waals surface area contributed by atoms with Gasteiger partial charge in [0.05, 0.1) is 57.5 Å². The first-order chi connectivity index (χ1) is 21.4. The van der Waals surface area contributed by atoms with Gasteiger partial charge in [-0.25, -0.2) is 0 Å². The molecule has 0 aliphatic rings. The average Bonchev–Trinajstić information content (AvgIpc) is 3.51. The van der Waals surface area contributed by atoms with Crippen LogP contribution in [0.1, 0.15) is 27.8 Å². The second kappa shape index (κ2) is 9.69. The predicted molar refractivity (Wildman–Crippen MR) is 182 cm³/mol. The molecule has 5 aromatic carbocycles. The molecule has 8 aromatic rings. The van der Waals surface area contributed by atoms with E-state index in [1.165, 1.54) is 43.8 Å². The maximum atomic E-state index is 9.62. The Labute approximate surface area is 256 Å². The Hall–Kier alpha value is -5.66. The van der Waals surface area contributed by atoms with E-state index < -0.39 is 0 Å². The zero-order valence-corrected chi connectivity index (χ0v) is 25.2. The van der Waals surface area contributed by atoms with Crippen LogP contribution < -0.4 is 0 Å². The average molecular weight is 567 g/mol. The first kappa shape index (κ1) is 26.0. The molecule has 44 heavy (non-hydrogen) atoms. The van der Waals surface area contributed by atoms with Gasteiger partial charge in [0.2, 0.25) is 0 Å². The minimum absolute atomic E-state index is 0.636. The van der Waals surface area contributed by atoms with E-state index in [-0.39, 0.29) is 0 Å². The van der Waals surface area contributed by atoms with E-state index in [2.05, 4.69) is 128 Å².